The van der Waals surface area contributed by atoms with E-state index in [-0.39, 0.29) is 0 Å². The van der Waals surface area contributed by atoms with Gasteiger partial charge in [-0.25, -0.2) is 0 Å². The molecule has 2 rings (SSSR count). The Morgan fingerprint density at radius 3 is 2.41 bits per heavy atom. The molecule has 0 aromatic rings. The van der Waals surface area contributed by atoms with Gasteiger partial charge in [-0.3, -0.25) is 9.89 Å². The number of guanidine groups is 1. The van der Waals surface area contributed by atoms with Gasteiger partial charge in [0.25, 0.3) is 0 Å². The summed E-state index contributed by atoms with van der Waals surface area (Å²) >= 11 is 0. The molecule has 0 spiro atoms. The molecule has 0 saturated carbocycles. The van der Waals surface area contributed by atoms with Crippen LogP contribution in [0.2, 0.25) is 0 Å². The Balaban J connectivity index is 1.78. The van der Waals surface area contributed by atoms with Gasteiger partial charge in [0.15, 0.2) is 5.96 Å². The first-order valence-electron chi connectivity index (χ1n) is 11.5. The van der Waals surface area contributed by atoms with Gasteiger partial charge in [0.2, 0.25) is 0 Å². The molecule has 2 fully saturated rings. The van der Waals surface area contributed by atoms with Crippen LogP contribution in [0.3, 0.4) is 0 Å². The highest BCUT2D eigenvalue weighted by atomic mass is 15.3. The fraction of sp³-hybridized carbons (Fsp3) is 0.955. The Morgan fingerprint density at radius 2 is 1.78 bits per heavy atom. The number of hydrogen-bond acceptors (Lipinski definition) is 3. The van der Waals surface area contributed by atoms with Crippen molar-refractivity contribution in [2.75, 3.05) is 52.4 Å². The minimum Gasteiger partial charge on any atom is -0.357 e. The molecule has 2 aliphatic heterocycles. The summed E-state index contributed by atoms with van der Waals surface area (Å²) in [4.78, 5) is 12.7. The lowest BCUT2D eigenvalue weighted by atomic mass is 10.1. The average Bonchev–Trinajstić information content (AvgIpc) is 3.09. The molecule has 0 amide bonds. The molecule has 2 aliphatic rings. The highest BCUT2D eigenvalue weighted by Gasteiger charge is 2.26. The van der Waals surface area contributed by atoms with Crippen LogP contribution in [0.1, 0.15) is 66.7 Å². The van der Waals surface area contributed by atoms with E-state index in [9.17, 15) is 0 Å². The third kappa shape index (κ3) is 7.61. The van der Waals surface area contributed by atoms with Gasteiger partial charge in [0, 0.05) is 51.4 Å². The molecule has 0 radical (unpaired) electrons. The number of piperidine rings is 1. The Bertz CT molecular complexity index is 420. The summed E-state index contributed by atoms with van der Waals surface area (Å²) in [5, 5.41) is 3.53. The predicted octanol–water partition coefficient (Wildman–Crippen LogP) is 3.27. The second-order valence-electron chi connectivity index (χ2n) is 8.98. The summed E-state index contributed by atoms with van der Waals surface area (Å²) in [6, 6.07) is 1.22. The first-order valence-corrected chi connectivity index (χ1v) is 11.5. The number of hydrogen-bond donors (Lipinski definition) is 1. The zero-order valence-electron chi connectivity index (χ0n) is 18.7. The Kier molecular flexibility index (Phi) is 9.91. The van der Waals surface area contributed by atoms with Gasteiger partial charge >= 0.3 is 0 Å². The summed E-state index contributed by atoms with van der Waals surface area (Å²) < 4.78 is 0. The SMILES string of the molecule is CCNC(=NCCCN(C(C)C)C(C)C)N1CCC(CN2CCCCC2)C1. The van der Waals surface area contributed by atoms with Gasteiger partial charge in [-0.1, -0.05) is 6.42 Å². The van der Waals surface area contributed by atoms with Gasteiger partial charge < -0.3 is 15.1 Å². The molecule has 2 heterocycles. The van der Waals surface area contributed by atoms with Crippen molar-refractivity contribution in [3.05, 3.63) is 0 Å². The lowest BCUT2D eigenvalue weighted by Gasteiger charge is -2.30. The van der Waals surface area contributed by atoms with E-state index in [4.69, 9.17) is 4.99 Å². The Hall–Kier alpha value is -0.810. The third-order valence-electron chi connectivity index (χ3n) is 6.05. The van der Waals surface area contributed by atoms with Crippen LogP contribution in [0.4, 0.5) is 0 Å². The Morgan fingerprint density at radius 1 is 1.07 bits per heavy atom. The molecule has 2 saturated heterocycles. The van der Waals surface area contributed by atoms with E-state index >= 15 is 0 Å². The van der Waals surface area contributed by atoms with E-state index < -0.39 is 0 Å². The largest absolute Gasteiger partial charge is 0.357 e. The van der Waals surface area contributed by atoms with Crippen LogP contribution in [0, 0.1) is 5.92 Å². The molecule has 0 bridgehead atoms. The molecule has 1 unspecified atom stereocenters. The third-order valence-corrected chi connectivity index (χ3v) is 6.05. The maximum atomic E-state index is 4.96. The van der Waals surface area contributed by atoms with Crippen LogP contribution in [0.25, 0.3) is 0 Å². The molecule has 5 heteroatoms. The van der Waals surface area contributed by atoms with Crippen LogP contribution >= 0.6 is 0 Å². The van der Waals surface area contributed by atoms with Crippen molar-refractivity contribution in [1.29, 1.82) is 0 Å². The van der Waals surface area contributed by atoms with Gasteiger partial charge in [-0.05, 0) is 79.3 Å². The second-order valence-corrected chi connectivity index (χ2v) is 8.98. The van der Waals surface area contributed by atoms with Crippen LogP contribution < -0.4 is 5.32 Å². The van der Waals surface area contributed by atoms with Crippen molar-refractivity contribution in [3.63, 3.8) is 0 Å². The number of nitrogens with one attached hydrogen (secondary N) is 1. The van der Waals surface area contributed by atoms with E-state index in [2.05, 4.69) is 54.6 Å². The highest BCUT2D eigenvalue weighted by Crippen LogP contribution is 2.20. The molecule has 5 nitrogen and oxygen atoms in total. The molecule has 0 aromatic heterocycles. The maximum Gasteiger partial charge on any atom is 0.193 e. The van der Waals surface area contributed by atoms with Gasteiger partial charge in [0.05, 0.1) is 0 Å². The predicted molar refractivity (Wildman–Crippen MR) is 118 cm³/mol. The lowest BCUT2D eigenvalue weighted by Crippen LogP contribution is -2.41. The van der Waals surface area contributed by atoms with Crippen molar-refractivity contribution in [2.24, 2.45) is 10.9 Å². The van der Waals surface area contributed by atoms with E-state index in [0.717, 1.165) is 44.5 Å². The molecule has 0 aliphatic carbocycles. The first kappa shape index (κ1) is 22.5. The zero-order chi connectivity index (χ0) is 19.6. The van der Waals surface area contributed by atoms with Crippen molar-refractivity contribution in [2.45, 2.75) is 78.8 Å². The quantitative estimate of drug-likeness (QED) is 0.379. The minimum atomic E-state index is 0.608. The van der Waals surface area contributed by atoms with Crippen LogP contribution in [-0.2, 0) is 0 Å². The monoisotopic (exact) mass is 379 g/mol. The summed E-state index contributed by atoms with van der Waals surface area (Å²) in [5.41, 5.74) is 0. The highest BCUT2D eigenvalue weighted by molar-refractivity contribution is 5.80. The minimum absolute atomic E-state index is 0.608. The molecule has 158 valence electrons. The van der Waals surface area contributed by atoms with E-state index in [0.29, 0.717) is 12.1 Å². The normalized spacial score (nSPS) is 22.4. The molecular formula is C22H45N5. The average molecular weight is 380 g/mol. The van der Waals surface area contributed by atoms with Crippen molar-refractivity contribution in [1.82, 2.24) is 20.0 Å². The number of nitrogens with zero attached hydrogens (tertiary/aromatic N) is 4. The maximum absolute atomic E-state index is 4.96. The second kappa shape index (κ2) is 11.9. The molecule has 0 aromatic carbocycles. The van der Waals surface area contributed by atoms with Gasteiger partial charge in [-0.2, -0.15) is 0 Å². The standard InChI is InChI=1S/C22H45N5/c1-6-23-22(24-12-10-15-27(19(2)3)20(4)5)26-16-11-21(18-26)17-25-13-8-7-9-14-25/h19-21H,6-18H2,1-5H3,(H,23,24). The summed E-state index contributed by atoms with van der Waals surface area (Å²) in [6.45, 7) is 20.6. The van der Waals surface area contributed by atoms with Crippen LogP contribution in [0.15, 0.2) is 4.99 Å². The number of likely N-dealkylation sites (tertiary alicyclic amines) is 2. The molecule has 1 atom stereocenters. The summed E-state index contributed by atoms with van der Waals surface area (Å²) in [7, 11) is 0. The molecular weight excluding hydrogens is 334 g/mol. The summed E-state index contributed by atoms with van der Waals surface area (Å²) in [5.74, 6) is 1.95. The molecule has 1 N–H and O–H groups in total. The van der Waals surface area contributed by atoms with Gasteiger partial charge in [-0.15, -0.1) is 0 Å². The topological polar surface area (TPSA) is 34.1 Å². The van der Waals surface area contributed by atoms with Crippen molar-refractivity contribution >= 4 is 5.96 Å². The smallest absolute Gasteiger partial charge is 0.193 e. The zero-order valence-corrected chi connectivity index (χ0v) is 18.7. The Labute approximate surface area is 168 Å². The fourth-order valence-corrected chi connectivity index (χ4v) is 4.66. The van der Waals surface area contributed by atoms with E-state index in [1.165, 1.54) is 51.9 Å². The van der Waals surface area contributed by atoms with Crippen LogP contribution in [-0.4, -0.2) is 85.1 Å². The number of rotatable bonds is 9. The summed E-state index contributed by atoms with van der Waals surface area (Å²) in [6.07, 6.45) is 6.66. The van der Waals surface area contributed by atoms with E-state index in [1.807, 2.05) is 0 Å². The van der Waals surface area contributed by atoms with Gasteiger partial charge in [0.1, 0.15) is 0 Å². The lowest BCUT2D eigenvalue weighted by molar-refractivity contribution is 0.174. The molecule has 27 heavy (non-hydrogen) atoms. The first-order chi connectivity index (χ1) is 13.0. The van der Waals surface area contributed by atoms with E-state index in [1.54, 1.807) is 0 Å². The van der Waals surface area contributed by atoms with Crippen molar-refractivity contribution in [3.8, 4) is 0 Å². The fourth-order valence-electron chi connectivity index (χ4n) is 4.66. The number of aliphatic imine (C=N–C) groups is 1. The van der Waals surface area contributed by atoms with Crippen molar-refractivity contribution < 1.29 is 0 Å². The van der Waals surface area contributed by atoms with Crippen LogP contribution in [0.5, 0.6) is 0 Å².